The molecule has 13 heteroatoms. The number of pyridine rings is 1. The van der Waals surface area contributed by atoms with Gasteiger partial charge in [-0.3, -0.25) is 30.4 Å². The first-order valence-corrected chi connectivity index (χ1v) is 19.3. The topological polar surface area (TPSA) is 185 Å². The molecule has 294 valence electrons. The number of benzene rings is 2. The summed E-state index contributed by atoms with van der Waals surface area (Å²) in [5, 5.41) is 30.3. The van der Waals surface area contributed by atoms with Crippen LogP contribution in [0.2, 0.25) is 0 Å². The Morgan fingerprint density at radius 1 is 0.964 bits per heavy atom. The lowest BCUT2D eigenvalue weighted by Crippen LogP contribution is -2.43. The number of carbonyl (C=O) groups excluding carboxylic acids is 1. The molecular weight excluding hydrogens is 695 g/mol. The average Bonchev–Trinajstić information content (AvgIpc) is 3.17. The third-order valence-corrected chi connectivity index (χ3v) is 10.2. The molecule has 2 amide bonds. The molecule has 1 aromatic heterocycles. The second-order valence-electron chi connectivity index (χ2n) is 15.4. The number of ether oxygens (including phenoxy) is 1. The van der Waals surface area contributed by atoms with Gasteiger partial charge in [0.05, 0.1) is 17.9 Å². The predicted octanol–water partition coefficient (Wildman–Crippen LogP) is 6.80. The average molecular weight is 752 g/mol. The highest BCUT2D eigenvalue weighted by Crippen LogP contribution is 2.38. The van der Waals surface area contributed by atoms with Crippen molar-refractivity contribution in [3.8, 4) is 5.75 Å². The lowest BCUT2D eigenvalue weighted by molar-refractivity contribution is -0.122. The van der Waals surface area contributed by atoms with E-state index in [1.165, 1.54) is 31.2 Å². The molecule has 2 fully saturated rings. The van der Waals surface area contributed by atoms with Crippen LogP contribution in [0, 0.1) is 16.2 Å². The number of fused-ring (bicyclic) bond motifs is 1. The Hall–Kier alpha value is -5.43. The van der Waals surface area contributed by atoms with Crippen LogP contribution in [0.25, 0.3) is 0 Å². The standard InChI is InChI=1S/C41H55N9O2.CH2O2/c1-41(2,3)36(42)26-38(45-30-14-12-13-29(25-30)27-48-21-8-4-9-22-48)47-40(51)46-34-18-19-35(33-16-7-6-15-32(33)34)52-31-17-20-37(43)50(28-31)39(44)49-23-10-5-11-24-49;2-1-3/h6-7,12-17,20,25-26,28,34-35,43-44H,4-5,8-11,18-19,21-24,27,42H2,1-3H3,(H2,45,46,47,51);1H,(H,2,3)/b36-26-,43-37?,44-39?;. The molecule has 13 nitrogen and oxygen atoms in total. The first kappa shape index (κ1) is 40.7. The summed E-state index contributed by atoms with van der Waals surface area (Å²) in [6.07, 6.45) is 11.7. The molecule has 0 radical (unpaired) electrons. The predicted molar refractivity (Wildman–Crippen MR) is 215 cm³/mol. The maximum absolute atomic E-state index is 13.7. The van der Waals surface area contributed by atoms with Gasteiger partial charge in [0.2, 0.25) is 5.96 Å². The number of carboxylic acid groups (broad SMARTS) is 1. The molecule has 2 unspecified atom stereocenters. The first-order chi connectivity index (χ1) is 26.4. The Morgan fingerprint density at radius 3 is 2.33 bits per heavy atom. The molecule has 7 N–H and O–H groups in total. The Balaban J connectivity index is 0.00000187. The fourth-order valence-electron chi connectivity index (χ4n) is 7.18. The maximum Gasteiger partial charge on any atom is 0.320 e. The van der Waals surface area contributed by atoms with Crippen LogP contribution < -0.4 is 26.6 Å². The van der Waals surface area contributed by atoms with Gasteiger partial charge >= 0.3 is 6.03 Å². The van der Waals surface area contributed by atoms with Crippen molar-refractivity contribution in [2.45, 2.75) is 90.8 Å². The fraction of sp³-hybridized carbons (Fsp3) is 0.452. The molecule has 0 bridgehead atoms. The van der Waals surface area contributed by atoms with Crippen LogP contribution in [0.3, 0.4) is 0 Å². The maximum atomic E-state index is 13.7. The molecule has 2 aromatic carbocycles. The van der Waals surface area contributed by atoms with Gasteiger partial charge in [0.25, 0.3) is 6.47 Å². The minimum atomic E-state index is -0.358. The van der Waals surface area contributed by atoms with Crippen molar-refractivity contribution >= 4 is 30.0 Å². The van der Waals surface area contributed by atoms with Crippen LogP contribution in [-0.2, 0) is 11.3 Å². The number of nitrogens with two attached hydrogens (primary N) is 1. The van der Waals surface area contributed by atoms with Gasteiger partial charge in [0.15, 0.2) is 0 Å². The van der Waals surface area contributed by atoms with Crippen molar-refractivity contribution in [1.29, 1.82) is 10.8 Å². The summed E-state index contributed by atoms with van der Waals surface area (Å²) in [6.45, 7) is 10.6. The van der Waals surface area contributed by atoms with E-state index in [1.807, 2.05) is 62.1 Å². The summed E-state index contributed by atoms with van der Waals surface area (Å²) in [5.41, 5.74) is 11.0. The van der Waals surface area contributed by atoms with Gasteiger partial charge in [-0.2, -0.15) is 0 Å². The van der Waals surface area contributed by atoms with Crippen molar-refractivity contribution in [2.75, 3.05) is 26.2 Å². The minimum absolute atomic E-state index is 0.234. The number of allylic oxidation sites excluding steroid dienone is 1. The van der Waals surface area contributed by atoms with E-state index in [4.69, 9.17) is 36.2 Å². The quantitative estimate of drug-likeness (QED) is 0.0871. The lowest BCUT2D eigenvalue weighted by atomic mass is 9.85. The van der Waals surface area contributed by atoms with E-state index in [1.54, 1.807) is 29.0 Å². The Bertz CT molecular complexity index is 1900. The van der Waals surface area contributed by atoms with Gasteiger partial charge in [-0.1, -0.05) is 63.6 Å². The van der Waals surface area contributed by atoms with Gasteiger partial charge in [-0.05, 0) is 99.0 Å². The van der Waals surface area contributed by atoms with Crippen LogP contribution in [-0.4, -0.2) is 70.0 Å². The van der Waals surface area contributed by atoms with Crippen molar-refractivity contribution in [2.24, 2.45) is 16.1 Å². The SMILES string of the molecule is CC(C)(C)/C(N)=C/C(=Nc1cccc(CN2CCCCC2)c1)NC(=O)NC1CCC(Oc2ccc(=N)n(C(=N)N3CCCCC3)c2)c2ccccc21.O=CO. The van der Waals surface area contributed by atoms with E-state index >= 15 is 0 Å². The zero-order chi connectivity index (χ0) is 39.4. The number of amidine groups is 1. The molecule has 3 heterocycles. The van der Waals surface area contributed by atoms with E-state index in [0.29, 0.717) is 36.1 Å². The summed E-state index contributed by atoms with van der Waals surface area (Å²) < 4.78 is 8.13. The Kier molecular flexibility index (Phi) is 14.3. The Morgan fingerprint density at radius 2 is 1.64 bits per heavy atom. The van der Waals surface area contributed by atoms with E-state index in [9.17, 15) is 4.79 Å². The molecule has 2 atom stereocenters. The Labute approximate surface area is 324 Å². The van der Waals surface area contributed by atoms with E-state index in [-0.39, 0.29) is 35.6 Å². The second-order valence-corrected chi connectivity index (χ2v) is 15.4. The van der Waals surface area contributed by atoms with Crippen LogP contribution in [0.15, 0.2) is 83.6 Å². The molecule has 0 saturated carbocycles. The van der Waals surface area contributed by atoms with Gasteiger partial charge < -0.3 is 25.8 Å². The van der Waals surface area contributed by atoms with Crippen molar-refractivity contribution < 1.29 is 19.4 Å². The zero-order valence-corrected chi connectivity index (χ0v) is 32.4. The number of nitrogens with zero attached hydrogens (tertiary/aromatic N) is 4. The van der Waals surface area contributed by atoms with Crippen molar-refractivity contribution in [3.05, 3.63) is 101 Å². The molecule has 3 aromatic rings. The number of nitrogens with one attached hydrogen (secondary N) is 4. The van der Waals surface area contributed by atoms with Crippen molar-refractivity contribution in [3.63, 3.8) is 0 Å². The second kappa shape index (κ2) is 19.2. The van der Waals surface area contributed by atoms with Gasteiger partial charge in [-0.15, -0.1) is 0 Å². The highest BCUT2D eigenvalue weighted by molar-refractivity contribution is 6.05. The molecule has 3 aliphatic rings. The highest BCUT2D eigenvalue weighted by atomic mass is 16.5. The number of amides is 2. The molecule has 0 spiro atoms. The number of hydrogen-bond acceptors (Lipinski definition) is 8. The number of likely N-dealkylation sites (tertiary alicyclic amines) is 2. The van der Waals surface area contributed by atoms with Crippen LogP contribution >= 0.6 is 0 Å². The summed E-state index contributed by atoms with van der Waals surface area (Å²) in [7, 11) is 0. The van der Waals surface area contributed by atoms with Crippen molar-refractivity contribution in [1.82, 2.24) is 25.0 Å². The monoisotopic (exact) mass is 751 g/mol. The van der Waals surface area contributed by atoms with Crippen LogP contribution in [0.1, 0.15) is 101 Å². The van der Waals surface area contributed by atoms with Gasteiger partial charge in [-0.25, -0.2) is 9.79 Å². The fourth-order valence-corrected chi connectivity index (χ4v) is 7.18. The summed E-state index contributed by atoms with van der Waals surface area (Å²) in [6, 6.07) is 19.1. The number of carbonyl (C=O) groups is 2. The van der Waals surface area contributed by atoms with Crippen LogP contribution in [0.5, 0.6) is 5.75 Å². The normalized spacial score (nSPS) is 19.3. The third kappa shape index (κ3) is 11.5. The summed E-state index contributed by atoms with van der Waals surface area (Å²) in [5.74, 6) is 1.29. The van der Waals surface area contributed by atoms with E-state index in [0.717, 1.165) is 62.4 Å². The number of aromatic nitrogens is 1. The molecular formula is C42H57N9O4. The van der Waals surface area contributed by atoms with Gasteiger partial charge in [0, 0.05) is 36.8 Å². The number of aliphatic imine (C=N–C) groups is 1. The largest absolute Gasteiger partial charge is 0.484 e. The molecule has 1 aliphatic carbocycles. The van der Waals surface area contributed by atoms with E-state index < -0.39 is 0 Å². The third-order valence-electron chi connectivity index (χ3n) is 10.2. The zero-order valence-electron chi connectivity index (χ0n) is 32.4. The molecule has 2 saturated heterocycles. The highest BCUT2D eigenvalue weighted by Gasteiger charge is 2.30. The van der Waals surface area contributed by atoms with E-state index in [2.05, 4.69) is 27.7 Å². The van der Waals surface area contributed by atoms with Gasteiger partial charge in [0.1, 0.15) is 23.2 Å². The number of piperidine rings is 2. The lowest BCUT2D eigenvalue weighted by Gasteiger charge is -2.33. The number of rotatable bonds is 7. The van der Waals surface area contributed by atoms with Crippen LogP contribution in [0.4, 0.5) is 10.5 Å². The minimum Gasteiger partial charge on any atom is -0.484 e. The molecule has 2 aliphatic heterocycles. The summed E-state index contributed by atoms with van der Waals surface area (Å²) >= 11 is 0. The molecule has 6 rings (SSSR count). The summed E-state index contributed by atoms with van der Waals surface area (Å²) in [4.78, 5) is 31.4. The molecule has 55 heavy (non-hydrogen) atoms. The first-order valence-electron chi connectivity index (χ1n) is 19.3. The number of urea groups is 1. The smallest absolute Gasteiger partial charge is 0.320 e. The number of hydrogen-bond donors (Lipinski definition) is 6.